The minimum Gasteiger partial charge on any atom is -0.423 e. The Kier molecular flexibility index (Phi) is 4.57. The molecule has 0 radical (unpaired) electrons. The van der Waals surface area contributed by atoms with E-state index in [2.05, 4.69) is 15.3 Å². The maximum absolute atomic E-state index is 11.9. The first kappa shape index (κ1) is 17.5. The van der Waals surface area contributed by atoms with Gasteiger partial charge in [-0.15, -0.1) is 0 Å². The molecule has 2 atom stereocenters. The van der Waals surface area contributed by atoms with Crippen LogP contribution in [0.15, 0.2) is 24.4 Å². The van der Waals surface area contributed by atoms with E-state index >= 15 is 0 Å². The largest absolute Gasteiger partial charge is 0.491 e. The third-order valence-corrected chi connectivity index (χ3v) is 4.86. The number of nitrogens with one attached hydrogen (secondary N) is 1. The molecular formula is C17H18BN5O4. The van der Waals surface area contributed by atoms with Gasteiger partial charge in [-0.25, -0.2) is 6.57 Å². The lowest BCUT2D eigenvalue weighted by molar-refractivity contribution is 0.0506. The highest BCUT2D eigenvalue weighted by Gasteiger charge is 2.34. The van der Waals surface area contributed by atoms with Crippen LogP contribution in [0.3, 0.4) is 0 Å². The summed E-state index contributed by atoms with van der Waals surface area (Å²) in [5, 5.41) is 17.3. The Bertz CT molecular complexity index is 925. The van der Waals surface area contributed by atoms with Crippen LogP contribution in [0.1, 0.15) is 28.4 Å². The Labute approximate surface area is 156 Å². The zero-order chi connectivity index (χ0) is 19.0. The normalized spacial score (nSPS) is 21.6. The number of primary amides is 1. The van der Waals surface area contributed by atoms with Gasteiger partial charge in [-0.2, -0.15) is 5.10 Å². The van der Waals surface area contributed by atoms with E-state index in [9.17, 15) is 9.82 Å². The van der Waals surface area contributed by atoms with Crippen molar-refractivity contribution in [3.05, 3.63) is 46.9 Å². The fraction of sp³-hybridized carbons (Fsp3) is 0.353. The van der Waals surface area contributed by atoms with Gasteiger partial charge >= 0.3 is 7.12 Å². The van der Waals surface area contributed by atoms with Crippen LogP contribution in [0.4, 0.5) is 11.5 Å². The fourth-order valence-corrected chi connectivity index (χ4v) is 3.39. The van der Waals surface area contributed by atoms with Crippen molar-refractivity contribution in [3.8, 4) is 0 Å². The molecule has 1 fully saturated rings. The van der Waals surface area contributed by atoms with Gasteiger partial charge in [-0.3, -0.25) is 9.48 Å². The van der Waals surface area contributed by atoms with Crippen molar-refractivity contribution < 1.29 is 19.2 Å². The molecule has 0 aliphatic carbocycles. The van der Waals surface area contributed by atoms with Crippen molar-refractivity contribution >= 4 is 30.0 Å². The van der Waals surface area contributed by atoms with E-state index in [1.165, 1.54) is 0 Å². The van der Waals surface area contributed by atoms with E-state index in [1.807, 2.05) is 6.07 Å². The monoisotopic (exact) mass is 367 g/mol. The number of carbonyl (C=O) groups is 1. The van der Waals surface area contributed by atoms with Crippen LogP contribution in [0, 0.1) is 6.57 Å². The van der Waals surface area contributed by atoms with Crippen LogP contribution in [-0.2, 0) is 16.0 Å². The zero-order valence-electron chi connectivity index (χ0n) is 14.5. The molecule has 0 spiro atoms. The molecule has 9 nitrogen and oxygen atoms in total. The number of anilines is 2. The number of amides is 1. The smallest absolute Gasteiger partial charge is 0.423 e. The first-order valence-corrected chi connectivity index (χ1v) is 8.59. The number of nitrogens with two attached hydrogens (primary N) is 1. The quantitative estimate of drug-likeness (QED) is 0.525. The van der Waals surface area contributed by atoms with Crippen LogP contribution in [0.2, 0.25) is 0 Å². The molecule has 1 aromatic heterocycles. The summed E-state index contributed by atoms with van der Waals surface area (Å²) in [6.07, 6.45) is 2.18. The molecule has 4 rings (SSSR count). The zero-order valence-corrected chi connectivity index (χ0v) is 14.5. The third kappa shape index (κ3) is 3.28. The van der Waals surface area contributed by atoms with Gasteiger partial charge in [0.2, 0.25) is 6.04 Å². The third-order valence-electron chi connectivity index (χ3n) is 4.86. The van der Waals surface area contributed by atoms with Gasteiger partial charge in [-0.1, -0.05) is 6.07 Å². The Morgan fingerprint density at radius 3 is 3.15 bits per heavy atom. The highest BCUT2D eigenvalue weighted by atomic mass is 16.5. The molecule has 1 saturated heterocycles. The molecule has 2 unspecified atom stereocenters. The molecule has 0 saturated carbocycles. The molecule has 2 aliphatic rings. The van der Waals surface area contributed by atoms with Gasteiger partial charge in [0.25, 0.3) is 5.91 Å². The Morgan fingerprint density at radius 1 is 1.52 bits per heavy atom. The lowest BCUT2D eigenvalue weighted by atomic mass is 9.79. The van der Waals surface area contributed by atoms with Crippen molar-refractivity contribution in [1.29, 1.82) is 0 Å². The first-order valence-electron chi connectivity index (χ1n) is 8.59. The van der Waals surface area contributed by atoms with Crippen LogP contribution < -0.4 is 16.5 Å². The van der Waals surface area contributed by atoms with Crippen LogP contribution in [0.5, 0.6) is 0 Å². The molecule has 3 heterocycles. The summed E-state index contributed by atoms with van der Waals surface area (Å²) >= 11 is 0. The maximum atomic E-state index is 11.9. The molecule has 2 aromatic rings. The summed E-state index contributed by atoms with van der Waals surface area (Å²) in [7, 11) is -0.911. The highest BCUT2D eigenvalue weighted by Crippen LogP contribution is 2.27. The molecule has 27 heavy (non-hydrogen) atoms. The lowest BCUT2D eigenvalue weighted by Gasteiger charge is -2.23. The van der Waals surface area contributed by atoms with Crippen molar-refractivity contribution in [2.45, 2.75) is 25.1 Å². The van der Waals surface area contributed by atoms with Gasteiger partial charge in [0.1, 0.15) is 11.6 Å². The number of fused-ring (bicyclic) bond motifs is 1. The van der Waals surface area contributed by atoms with E-state index in [1.54, 1.807) is 23.0 Å². The molecule has 10 heteroatoms. The molecule has 0 bridgehead atoms. The summed E-state index contributed by atoms with van der Waals surface area (Å²) in [5.74, 6) is -0.295. The molecule has 1 aromatic carbocycles. The average Bonchev–Trinajstić information content (AvgIpc) is 3.25. The topological polar surface area (TPSA) is 116 Å². The summed E-state index contributed by atoms with van der Waals surface area (Å²) in [6.45, 7) is 8.60. The predicted molar refractivity (Wildman–Crippen MR) is 97.7 cm³/mol. The Balaban J connectivity index is 1.64. The van der Waals surface area contributed by atoms with Crippen LogP contribution >= 0.6 is 0 Å². The van der Waals surface area contributed by atoms with E-state index in [0.29, 0.717) is 37.7 Å². The summed E-state index contributed by atoms with van der Waals surface area (Å²) in [4.78, 5) is 15.5. The number of rotatable bonds is 4. The van der Waals surface area contributed by atoms with Crippen molar-refractivity contribution in [3.63, 3.8) is 0 Å². The number of nitrogens with zero attached hydrogens (tertiary/aromatic N) is 3. The van der Waals surface area contributed by atoms with Crippen LogP contribution in [-0.4, -0.2) is 47.1 Å². The van der Waals surface area contributed by atoms with Gasteiger partial charge < -0.3 is 30.3 Å². The van der Waals surface area contributed by atoms with Gasteiger partial charge in [0.05, 0.1) is 19.8 Å². The Morgan fingerprint density at radius 2 is 2.37 bits per heavy atom. The van der Waals surface area contributed by atoms with E-state index in [0.717, 1.165) is 11.0 Å². The highest BCUT2D eigenvalue weighted by molar-refractivity contribution is 6.61. The minimum atomic E-state index is -0.911. The molecule has 1 amide bonds. The molecular weight excluding hydrogens is 349 g/mol. The van der Waals surface area contributed by atoms with Crippen LogP contribution in [0.25, 0.3) is 4.85 Å². The predicted octanol–water partition coefficient (Wildman–Crippen LogP) is 0.193. The number of hydrogen-bond acceptors (Lipinski definition) is 6. The van der Waals surface area contributed by atoms with E-state index in [4.69, 9.17) is 21.7 Å². The standard InChI is InChI=1S/C17H18BN5O4/c1-20-14-4-5-26-9-15(14)23-7-12(16(19)24)17(22-23)21-11-2-3-13-10(6-11)8-27-18(13)25/h2-3,6-7,14-15,25H,4-5,8-9H2,(H2,19,24)(H,21,22). The average molecular weight is 367 g/mol. The minimum absolute atomic E-state index is 0.237. The second-order valence-corrected chi connectivity index (χ2v) is 6.56. The fourth-order valence-electron chi connectivity index (χ4n) is 3.39. The van der Waals surface area contributed by atoms with E-state index in [-0.39, 0.29) is 17.6 Å². The maximum Gasteiger partial charge on any atom is 0.491 e. The van der Waals surface area contributed by atoms with E-state index < -0.39 is 13.0 Å². The molecule has 138 valence electrons. The van der Waals surface area contributed by atoms with Gasteiger partial charge in [-0.05, 0) is 23.2 Å². The summed E-state index contributed by atoms with van der Waals surface area (Å²) in [6, 6.07) is 4.84. The van der Waals surface area contributed by atoms with Crippen molar-refractivity contribution in [2.24, 2.45) is 5.73 Å². The van der Waals surface area contributed by atoms with Gasteiger partial charge in [0.15, 0.2) is 5.82 Å². The number of benzene rings is 1. The second kappa shape index (κ2) is 7.04. The number of carbonyl (C=O) groups excluding carboxylic acids is 1. The number of ether oxygens (including phenoxy) is 1. The van der Waals surface area contributed by atoms with Crippen molar-refractivity contribution in [2.75, 3.05) is 18.5 Å². The lowest BCUT2D eigenvalue weighted by Crippen LogP contribution is -2.32. The number of hydrogen-bond donors (Lipinski definition) is 3. The molecule has 4 N–H and O–H groups in total. The van der Waals surface area contributed by atoms with Gasteiger partial charge in [0, 0.05) is 18.3 Å². The number of aromatic nitrogens is 2. The Hall–Kier alpha value is -2.87. The first-order chi connectivity index (χ1) is 13.1. The summed E-state index contributed by atoms with van der Waals surface area (Å²) < 4.78 is 12.3. The molecule has 2 aliphatic heterocycles. The SMILES string of the molecule is [C-]#[N+]C1CCOCC1n1cc(C(N)=O)c(Nc2ccc3c(c2)COB3O)n1. The van der Waals surface area contributed by atoms with Crippen molar-refractivity contribution in [1.82, 2.24) is 9.78 Å². The second-order valence-electron chi connectivity index (χ2n) is 6.56. The summed E-state index contributed by atoms with van der Waals surface area (Å²) in [5.41, 5.74) is 8.03.